The third kappa shape index (κ3) is 3.62. The molecule has 5 nitrogen and oxygen atoms in total. The number of aliphatic hydroxyl groups is 1. The van der Waals surface area contributed by atoms with E-state index < -0.39 is 11.9 Å². The Hall–Kier alpha value is -1.43. The Kier molecular flexibility index (Phi) is 4.42. The average Bonchev–Trinajstić information content (AvgIpc) is 2.20. The molecule has 90 valence electrons. The molecule has 0 fully saturated rings. The van der Waals surface area contributed by atoms with Crippen molar-refractivity contribution < 1.29 is 9.50 Å². The minimum atomic E-state index is -0.503. The first-order valence-electron chi connectivity index (χ1n) is 5.17. The van der Waals surface area contributed by atoms with Gasteiger partial charge in [0, 0.05) is 13.1 Å². The standard InChI is InChI=1S/C10H17FN4O/c1-6(4-7(2)16)14-9-8(11)5-13-10(12-3)15-9/h5-7,16H,4H2,1-3H3,(H2,12,13,14,15). The van der Waals surface area contributed by atoms with E-state index >= 15 is 0 Å². The monoisotopic (exact) mass is 228 g/mol. The van der Waals surface area contributed by atoms with Crippen LogP contribution in [0, 0.1) is 5.82 Å². The van der Waals surface area contributed by atoms with E-state index in [2.05, 4.69) is 20.6 Å². The largest absolute Gasteiger partial charge is 0.393 e. The molecule has 0 aromatic carbocycles. The van der Waals surface area contributed by atoms with Crippen LogP contribution in [0.15, 0.2) is 6.20 Å². The summed E-state index contributed by atoms with van der Waals surface area (Å²) in [6, 6.07) is -0.0610. The van der Waals surface area contributed by atoms with Gasteiger partial charge in [0.05, 0.1) is 12.3 Å². The highest BCUT2D eigenvalue weighted by Gasteiger charge is 2.11. The minimum absolute atomic E-state index is 0.0610. The van der Waals surface area contributed by atoms with Gasteiger partial charge in [-0.05, 0) is 20.3 Å². The molecule has 1 aromatic heterocycles. The fourth-order valence-corrected chi connectivity index (χ4v) is 1.39. The van der Waals surface area contributed by atoms with Gasteiger partial charge in [-0.3, -0.25) is 0 Å². The van der Waals surface area contributed by atoms with Crippen molar-refractivity contribution in [1.82, 2.24) is 9.97 Å². The van der Waals surface area contributed by atoms with E-state index in [1.165, 1.54) is 0 Å². The molecule has 2 unspecified atom stereocenters. The summed E-state index contributed by atoms with van der Waals surface area (Å²) in [4.78, 5) is 7.69. The number of hydrogen-bond donors (Lipinski definition) is 3. The van der Waals surface area contributed by atoms with Gasteiger partial charge in [0.2, 0.25) is 5.95 Å². The van der Waals surface area contributed by atoms with Gasteiger partial charge in [-0.15, -0.1) is 0 Å². The average molecular weight is 228 g/mol. The molecule has 0 amide bonds. The fraction of sp³-hybridized carbons (Fsp3) is 0.600. The number of nitrogens with one attached hydrogen (secondary N) is 2. The Morgan fingerprint density at radius 3 is 2.75 bits per heavy atom. The summed E-state index contributed by atoms with van der Waals surface area (Å²) in [5, 5.41) is 14.8. The van der Waals surface area contributed by atoms with Crippen LogP contribution in [0.4, 0.5) is 16.2 Å². The molecule has 16 heavy (non-hydrogen) atoms. The first kappa shape index (κ1) is 12.6. The van der Waals surface area contributed by atoms with Crippen molar-refractivity contribution in [2.24, 2.45) is 0 Å². The molecule has 0 aliphatic rings. The highest BCUT2D eigenvalue weighted by molar-refractivity contribution is 5.41. The molecule has 0 aliphatic heterocycles. The van der Waals surface area contributed by atoms with Crippen LogP contribution in [0.3, 0.4) is 0 Å². The highest BCUT2D eigenvalue weighted by atomic mass is 19.1. The van der Waals surface area contributed by atoms with Crippen molar-refractivity contribution in [2.45, 2.75) is 32.4 Å². The molecular weight excluding hydrogens is 211 g/mol. The van der Waals surface area contributed by atoms with Crippen LogP contribution in [0.25, 0.3) is 0 Å². The predicted octanol–water partition coefficient (Wildman–Crippen LogP) is 1.23. The molecular formula is C10H17FN4O. The normalized spacial score (nSPS) is 14.3. The molecule has 3 N–H and O–H groups in total. The Morgan fingerprint density at radius 2 is 2.19 bits per heavy atom. The number of anilines is 2. The Bertz CT molecular complexity index is 346. The summed E-state index contributed by atoms with van der Waals surface area (Å²) in [6.07, 6.45) is 1.20. The fourth-order valence-electron chi connectivity index (χ4n) is 1.39. The third-order valence-corrected chi connectivity index (χ3v) is 2.05. The van der Waals surface area contributed by atoms with Crippen LogP contribution < -0.4 is 10.6 Å². The zero-order valence-electron chi connectivity index (χ0n) is 9.66. The molecule has 1 aromatic rings. The number of aromatic nitrogens is 2. The summed E-state index contributed by atoms with van der Waals surface area (Å²) in [7, 11) is 1.66. The van der Waals surface area contributed by atoms with Gasteiger partial charge in [-0.25, -0.2) is 9.37 Å². The second kappa shape index (κ2) is 5.60. The number of hydrogen-bond acceptors (Lipinski definition) is 5. The molecule has 6 heteroatoms. The summed E-state index contributed by atoms with van der Waals surface area (Å²) in [5.41, 5.74) is 0. The van der Waals surface area contributed by atoms with E-state index in [-0.39, 0.29) is 11.9 Å². The SMILES string of the molecule is CNc1ncc(F)c(NC(C)CC(C)O)n1. The number of halogens is 1. The van der Waals surface area contributed by atoms with Gasteiger partial charge < -0.3 is 15.7 Å². The van der Waals surface area contributed by atoms with Crippen LogP contribution in [-0.4, -0.2) is 34.3 Å². The lowest BCUT2D eigenvalue weighted by atomic mass is 10.1. The van der Waals surface area contributed by atoms with Crippen LogP contribution in [0.1, 0.15) is 20.3 Å². The predicted molar refractivity (Wildman–Crippen MR) is 60.9 cm³/mol. The Labute approximate surface area is 94.1 Å². The quantitative estimate of drug-likeness (QED) is 0.707. The number of nitrogens with zero attached hydrogens (tertiary/aromatic N) is 2. The maximum absolute atomic E-state index is 13.3. The molecule has 1 heterocycles. The van der Waals surface area contributed by atoms with Gasteiger partial charge in [0.15, 0.2) is 11.6 Å². The molecule has 0 saturated heterocycles. The topological polar surface area (TPSA) is 70.1 Å². The maximum atomic E-state index is 13.3. The molecule has 0 radical (unpaired) electrons. The molecule has 0 spiro atoms. The number of rotatable bonds is 5. The lowest BCUT2D eigenvalue weighted by molar-refractivity contribution is 0.179. The van der Waals surface area contributed by atoms with Crippen molar-refractivity contribution in [3.8, 4) is 0 Å². The first-order valence-corrected chi connectivity index (χ1v) is 5.17. The lowest BCUT2D eigenvalue weighted by Crippen LogP contribution is -2.22. The van der Waals surface area contributed by atoms with Crippen molar-refractivity contribution in [1.29, 1.82) is 0 Å². The van der Waals surface area contributed by atoms with Crippen LogP contribution in [0.2, 0.25) is 0 Å². The zero-order chi connectivity index (χ0) is 12.1. The minimum Gasteiger partial charge on any atom is -0.393 e. The van der Waals surface area contributed by atoms with Crippen molar-refractivity contribution in [3.63, 3.8) is 0 Å². The van der Waals surface area contributed by atoms with Gasteiger partial charge in [0.25, 0.3) is 0 Å². The highest BCUT2D eigenvalue weighted by Crippen LogP contribution is 2.14. The van der Waals surface area contributed by atoms with Crippen LogP contribution >= 0.6 is 0 Å². The summed E-state index contributed by atoms with van der Waals surface area (Å²) >= 11 is 0. The second-order valence-corrected chi connectivity index (χ2v) is 3.77. The van der Waals surface area contributed by atoms with Gasteiger partial charge in [0.1, 0.15) is 0 Å². The summed E-state index contributed by atoms with van der Waals surface area (Å²) < 4.78 is 13.3. The first-order chi connectivity index (χ1) is 7.52. The zero-order valence-corrected chi connectivity index (χ0v) is 9.66. The Balaban J connectivity index is 2.71. The third-order valence-electron chi connectivity index (χ3n) is 2.05. The summed E-state index contributed by atoms with van der Waals surface area (Å²) in [5.74, 6) is -0.00269. The molecule has 0 bridgehead atoms. The van der Waals surface area contributed by atoms with Gasteiger partial charge in [-0.2, -0.15) is 4.98 Å². The van der Waals surface area contributed by atoms with E-state index in [1.54, 1.807) is 14.0 Å². The lowest BCUT2D eigenvalue weighted by Gasteiger charge is -2.16. The van der Waals surface area contributed by atoms with Crippen LogP contribution in [-0.2, 0) is 0 Å². The van der Waals surface area contributed by atoms with Gasteiger partial charge in [-0.1, -0.05) is 0 Å². The van der Waals surface area contributed by atoms with Crippen molar-refractivity contribution in [3.05, 3.63) is 12.0 Å². The molecule has 0 saturated carbocycles. The maximum Gasteiger partial charge on any atom is 0.224 e. The van der Waals surface area contributed by atoms with E-state index in [9.17, 15) is 9.50 Å². The second-order valence-electron chi connectivity index (χ2n) is 3.77. The van der Waals surface area contributed by atoms with E-state index in [1.807, 2.05) is 6.92 Å². The number of aliphatic hydroxyl groups excluding tert-OH is 1. The van der Waals surface area contributed by atoms with E-state index in [0.29, 0.717) is 12.4 Å². The van der Waals surface area contributed by atoms with Crippen molar-refractivity contribution >= 4 is 11.8 Å². The Morgan fingerprint density at radius 1 is 1.50 bits per heavy atom. The molecule has 2 atom stereocenters. The molecule has 0 aliphatic carbocycles. The van der Waals surface area contributed by atoms with Crippen LogP contribution in [0.5, 0.6) is 0 Å². The van der Waals surface area contributed by atoms with E-state index in [0.717, 1.165) is 6.20 Å². The summed E-state index contributed by atoms with van der Waals surface area (Å²) in [6.45, 7) is 3.54. The van der Waals surface area contributed by atoms with Crippen molar-refractivity contribution in [2.75, 3.05) is 17.7 Å². The van der Waals surface area contributed by atoms with Gasteiger partial charge >= 0.3 is 0 Å². The van der Waals surface area contributed by atoms with E-state index in [4.69, 9.17) is 0 Å². The molecule has 1 rings (SSSR count). The smallest absolute Gasteiger partial charge is 0.224 e.